The van der Waals surface area contributed by atoms with E-state index in [1.165, 1.54) is 0 Å². The second kappa shape index (κ2) is 18.1. The van der Waals surface area contributed by atoms with E-state index >= 15 is 0 Å². The lowest BCUT2D eigenvalue weighted by molar-refractivity contribution is -0.129. The molecule has 0 spiro atoms. The zero-order valence-electron chi connectivity index (χ0n) is 26.2. The first kappa shape index (κ1) is 34.7. The van der Waals surface area contributed by atoms with Gasteiger partial charge in [-0.3, -0.25) is 18.6 Å². The van der Waals surface area contributed by atoms with Crippen LogP contribution in [0.4, 0.5) is 4.79 Å². The topological polar surface area (TPSA) is 135 Å². The van der Waals surface area contributed by atoms with Gasteiger partial charge in [0, 0.05) is 39.0 Å². The van der Waals surface area contributed by atoms with Gasteiger partial charge in [-0.2, -0.15) is 0 Å². The van der Waals surface area contributed by atoms with Crippen molar-refractivity contribution in [3.63, 3.8) is 0 Å². The maximum Gasteiger partial charge on any atom is 0.530 e. The second-order valence-corrected chi connectivity index (χ2v) is 12.6. The third-order valence-electron chi connectivity index (χ3n) is 7.25. The Labute approximate surface area is 270 Å². The van der Waals surface area contributed by atoms with Crippen molar-refractivity contribution in [3.05, 3.63) is 102 Å². The standard InChI is InChI=1S/C34H43N4O7P/c1-2-11-32(39)37-31(33(40)35-20-9-22-38-23-10-21-36-34(38)41)24-27-16-18-30(19-17-27)45-46(42,43-25-28-12-5-3-6-13-28)44-26-29-14-7-4-8-15-29/h3-8,12-19,31H,2,9-11,20-26H2,1H3,(H,35,40)(H,36,41)(H,37,39)/t31-/m0/s1. The van der Waals surface area contributed by atoms with Crippen molar-refractivity contribution in [2.24, 2.45) is 0 Å². The predicted octanol–water partition coefficient (Wildman–Crippen LogP) is 5.36. The molecule has 1 aliphatic rings. The number of urea groups is 1. The van der Waals surface area contributed by atoms with Crippen LogP contribution in [0, 0.1) is 0 Å². The molecule has 0 saturated carbocycles. The summed E-state index contributed by atoms with van der Waals surface area (Å²) in [6.45, 7) is 4.25. The average molecular weight is 651 g/mol. The van der Waals surface area contributed by atoms with Crippen molar-refractivity contribution in [1.82, 2.24) is 20.9 Å². The van der Waals surface area contributed by atoms with Crippen molar-refractivity contribution in [3.8, 4) is 5.75 Å². The second-order valence-electron chi connectivity index (χ2n) is 11.0. The highest BCUT2D eigenvalue weighted by atomic mass is 31.2. The molecule has 3 aromatic carbocycles. The van der Waals surface area contributed by atoms with Crippen LogP contribution in [0.15, 0.2) is 84.9 Å². The van der Waals surface area contributed by atoms with Gasteiger partial charge in [0.15, 0.2) is 0 Å². The fraction of sp³-hybridized carbons (Fsp3) is 0.382. The first-order valence-corrected chi connectivity index (χ1v) is 17.1. The summed E-state index contributed by atoms with van der Waals surface area (Å²) in [6.07, 6.45) is 2.69. The summed E-state index contributed by atoms with van der Waals surface area (Å²) in [6, 6.07) is 24.5. The first-order chi connectivity index (χ1) is 22.3. The van der Waals surface area contributed by atoms with Gasteiger partial charge in [-0.1, -0.05) is 79.7 Å². The lowest BCUT2D eigenvalue weighted by Gasteiger charge is -2.27. The van der Waals surface area contributed by atoms with Crippen LogP contribution in [-0.2, 0) is 42.8 Å². The minimum absolute atomic E-state index is 0.0322. The molecule has 0 radical (unpaired) electrons. The summed E-state index contributed by atoms with van der Waals surface area (Å²) in [4.78, 5) is 39.2. The number of hydrogen-bond donors (Lipinski definition) is 3. The Morgan fingerprint density at radius 3 is 2.13 bits per heavy atom. The summed E-state index contributed by atoms with van der Waals surface area (Å²) in [5, 5.41) is 8.55. The van der Waals surface area contributed by atoms with E-state index in [1.807, 2.05) is 67.6 Å². The van der Waals surface area contributed by atoms with Gasteiger partial charge >= 0.3 is 13.9 Å². The third-order valence-corrected chi connectivity index (χ3v) is 8.57. The molecule has 0 aromatic heterocycles. The summed E-state index contributed by atoms with van der Waals surface area (Å²) in [7, 11) is -4.04. The van der Waals surface area contributed by atoms with E-state index in [4.69, 9.17) is 13.6 Å². The van der Waals surface area contributed by atoms with Gasteiger partial charge in [-0.25, -0.2) is 9.36 Å². The molecule has 1 fully saturated rings. The minimum Gasteiger partial charge on any atom is -0.404 e. The number of nitrogens with one attached hydrogen (secondary N) is 3. The Bertz CT molecular complexity index is 1390. The van der Waals surface area contributed by atoms with E-state index in [9.17, 15) is 18.9 Å². The van der Waals surface area contributed by atoms with Gasteiger partial charge < -0.3 is 25.4 Å². The number of carbonyl (C=O) groups excluding carboxylic acids is 3. The molecular weight excluding hydrogens is 607 g/mol. The zero-order chi connectivity index (χ0) is 32.6. The Balaban J connectivity index is 1.37. The van der Waals surface area contributed by atoms with Crippen LogP contribution in [0.25, 0.3) is 0 Å². The molecule has 1 saturated heterocycles. The van der Waals surface area contributed by atoms with E-state index in [2.05, 4.69) is 16.0 Å². The third kappa shape index (κ3) is 11.6. The summed E-state index contributed by atoms with van der Waals surface area (Å²) < 4.78 is 30.9. The van der Waals surface area contributed by atoms with Gasteiger partial charge in [-0.05, 0) is 48.1 Å². The zero-order valence-corrected chi connectivity index (χ0v) is 27.1. The lowest BCUT2D eigenvalue weighted by Crippen LogP contribution is -2.49. The van der Waals surface area contributed by atoms with Crippen LogP contribution in [0.3, 0.4) is 0 Å². The highest BCUT2D eigenvalue weighted by Gasteiger charge is 2.29. The van der Waals surface area contributed by atoms with Crippen LogP contribution in [-0.4, -0.2) is 55.0 Å². The molecule has 4 amide bonds. The molecule has 0 bridgehead atoms. The molecule has 246 valence electrons. The summed E-state index contributed by atoms with van der Waals surface area (Å²) in [5.41, 5.74) is 2.40. The van der Waals surface area contributed by atoms with E-state index in [-0.39, 0.29) is 43.2 Å². The normalized spacial score (nSPS) is 13.8. The number of amides is 4. The van der Waals surface area contributed by atoms with Crippen molar-refractivity contribution in [2.75, 3.05) is 26.2 Å². The highest BCUT2D eigenvalue weighted by Crippen LogP contribution is 2.51. The fourth-order valence-electron chi connectivity index (χ4n) is 4.80. The molecular formula is C34H43N4O7P. The fourth-order valence-corrected chi connectivity index (χ4v) is 5.97. The predicted molar refractivity (Wildman–Crippen MR) is 175 cm³/mol. The Morgan fingerprint density at radius 1 is 0.913 bits per heavy atom. The number of nitrogens with zero attached hydrogens (tertiary/aromatic N) is 1. The van der Waals surface area contributed by atoms with E-state index < -0.39 is 13.9 Å². The Hall–Kier alpha value is -4.18. The molecule has 12 heteroatoms. The smallest absolute Gasteiger partial charge is 0.404 e. The molecule has 1 aliphatic heterocycles. The number of rotatable bonds is 18. The van der Waals surface area contributed by atoms with Crippen LogP contribution >= 0.6 is 7.82 Å². The minimum atomic E-state index is -4.04. The van der Waals surface area contributed by atoms with Crippen molar-refractivity contribution >= 4 is 25.7 Å². The van der Waals surface area contributed by atoms with E-state index in [0.29, 0.717) is 45.4 Å². The number of benzene rings is 3. The molecule has 3 N–H and O–H groups in total. The lowest BCUT2D eigenvalue weighted by atomic mass is 10.0. The van der Waals surface area contributed by atoms with Crippen molar-refractivity contribution in [2.45, 2.75) is 58.3 Å². The Morgan fingerprint density at radius 2 is 1.54 bits per heavy atom. The molecule has 0 unspecified atom stereocenters. The van der Waals surface area contributed by atoms with Crippen molar-refractivity contribution < 1.29 is 32.5 Å². The van der Waals surface area contributed by atoms with Crippen LogP contribution in [0.5, 0.6) is 5.75 Å². The summed E-state index contributed by atoms with van der Waals surface area (Å²) >= 11 is 0. The quantitative estimate of drug-likeness (QED) is 0.125. The Kier molecular flexibility index (Phi) is 13.6. The molecule has 0 aliphatic carbocycles. The number of hydrogen-bond acceptors (Lipinski definition) is 7. The highest BCUT2D eigenvalue weighted by molar-refractivity contribution is 7.48. The molecule has 1 atom stereocenters. The monoisotopic (exact) mass is 650 g/mol. The van der Waals surface area contributed by atoms with Gasteiger partial charge in [0.25, 0.3) is 0 Å². The van der Waals surface area contributed by atoms with Gasteiger partial charge in [0.1, 0.15) is 11.8 Å². The molecule has 1 heterocycles. The first-order valence-electron chi connectivity index (χ1n) is 15.7. The van der Waals surface area contributed by atoms with Gasteiger partial charge in [0.2, 0.25) is 11.8 Å². The number of phosphoric acid groups is 1. The van der Waals surface area contributed by atoms with E-state index in [1.54, 1.807) is 29.2 Å². The molecule has 11 nitrogen and oxygen atoms in total. The maximum absolute atomic E-state index is 13.7. The van der Waals surface area contributed by atoms with E-state index in [0.717, 1.165) is 23.1 Å². The molecule has 46 heavy (non-hydrogen) atoms. The van der Waals surface area contributed by atoms with Crippen LogP contribution in [0.1, 0.15) is 49.3 Å². The SMILES string of the molecule is CCCC(=O)N[C@@H](Cc1ccc(OP(=O)(OCc2ccccc2)OCc2ccccc2)cc1)C(=O)NCCCN1CCCNC1=O. The largest absolute Gasteiger partial charge is 0.530 e. The van der Waals surface area contributed by atoms with Crippen molar-refractivity contribution in [1.29, 1.82) is 0 Å². The average Bonchev–Trinajstić information content (AvgIpc) is 3.07. The van der Waals surface area contributed by atoms with Gasteiger partial charge in [0.05, 0.1) is 13.2 Å². The van der Waals surface area contributed by atoms with Gasteiger partial charge in [-0.15, -0.1) is 0 Å². The maximum atomic E-state index is 13.7. The van der Waals surface area contributed by atoms with Crippen LogP contribution < -0.4 is 20.5 Å². The van der Waals surface area contributed by atoms with Crippen LogP contribution in [0.2, 0.25) is 0 Å². The number of phosphoric ester groups is 1. The molecule has 4 rings (SSSR count). The number of carbonyl (C=O) groups is 3. The summed E-state index contributed by atoms with van der Waals surface area (Å²) in [5.74, 6) is -0.244. The molecule has 3 aromatic rings.